The lowest BCUT2D eigenvalue weighted by molar-refractivity contribution is -0.112. The van der Waals surface area contributed by atoms with Crippen LogP contribution < -0.4 is 14.8 Å². The van der Waals surface area contributed by atoms with Crippen LogP contribution in [0, 0.1) is 6.92 Å². The number of carbonyl (C=O) groups excluding carboxylic acids is 2. The first kappa shape index (κ1) is 22.4. The number of rotatable bonds is 7. The number of hydrogen-bond donors (Lipinski definition) is 1. The number of ether oxygens (including phenoxy) is 2. The van der Waals surface area contributed by atoms with E-state index >= 15 is 0 Å². The Kier molecular flexibility index (Phi) is 6.33. The summed E-state index contributed by atoms with van der Waals surface area (Å²) in [5.41, 5.74) is 2.82. The van der Waals surface area contributed by atoms with Gasteiger partial charge in [-0.05, 0) is 48.9 Å². The van der Waals surface area contributed by atoms with Crippen LogP contribution in [-0.2, 0) is 11.3 Å². The van der Waals surface area contributed by atoms with Crippen molar-refractivity contribution in [1.29, 1.82) is 0 Å². The van der Waals surface area contributed by atoms with Gasteiger partial charge in [-0.15, -0.1) is 0 Å². The molecule has 4 rings (SSSR count). The molecule has 4 aromatic rings. The minimum absolute atomic E-state index is 0.229. The summed E-state index contributed by atoms with van der Waals surface area (Å²) in [6.07, 6.45) is 1.49. The maximum absolute atomic E-state index is 13.3. The lowest BCUT2D eigenvalue weighted by Gasteiger charge is -2.09. The summed E-state index contributed by atoms with van der Waals surface area (Å²) in [4.78, 5) is 30.3. The highest BCUT2D eigenvalue weighted by atomic mass is 35.5. The van der Waals surface area contributed by atoms with Crippen LogP contribution in [0.15, 0.2) is 60.8 Å². The fourth-order valence-corrected chi connectivity index (χ4v) is 3.87. The van der Waals surface area contributed by atoms with Crippen molar-refractivity contribution in [1.82, 2.24) is 9.55 Å². The topological polar surface area (TPSA) is 82.5 Å². The molecule has 0 saturated carbocycles. The summed E-state index contributed by atoms with van der Waals surface area (Å²) in [6.45, 7) is 2.34. The van der Waals surface area contributed by atoms with E-state index in [1.165, 1.54) is 13.3 Å². The van der Waals surface area contributed by atoms with Crippen LogP contribution in [0.25, 0.3) is 10.9 Å². The quantitative estimate of drug-likeness (QED) is 0.312. The first-order chi connectivity index (χ1) is 15.9. The minimum atomic E-state index is -0.785. The predicted molar refractivity (Wildman–Crippen MR) is 128 cm³/mol. The molecule has 168 valence electrons. The van der Waals surface area contributed by atoms with Gasteiger partial charge in [-0.3, -0.25) is 9.59 Å². The van der Waals surface area contributed by atoms with E-state index < -0.39 is 11.7 Å². The van der Waals surface area contributed by atoms with Crippen LogP contribution in [0.1, 0.15) is 21.6 Å². The molecule has 2 aromatic heterocycles. The van der Waals surface area contributed by atoms with Gasteiger partial charge in [0.25, 0.3) is 11.7 Å². The molecule has 33 heavy (non-hydrogen) atoms. The van der Waals surface area contributed by atoms with Crippen LogP contribution in [-0.4, -0.2) is 35.5 Å². The standard InChI is InChI=1S/C25H22ClN3O4/c1-15-23(24(30)25(31)28-22-13-19(33-3)10-11-27-22)20-12-18(32-2)8-9-21(20)29(15)14-16-4-6-17(26)7-5-16/h4-13H,14H2,1-3H3,(H,27,28,31). The third-order valence-corrected chi connectivity index (χ3v) is 5.68. The Balaban J connectivity index is 1.75. The highest BCUT2D eigenvalue weighted by Crippen LogP contribution is 2.31. The molecule has 0 spiro atoms. The second kappa shape index (κ2) is 9.34. The summed E-state index contributed by atoms with van der Waals surface area (Å²) in [7, 11) is 3.07. The SMILES string of the molecule is COc1ccnc(NC(=O)C(=O)c2c(C)n(Cc3ccc(Cl)cc3)c3ccc(OC)cc23)c1. The maximum Gasteiger partial charge on any atom is 0.298 e. The van der Waals surface area contributed by atoms with Crippen molar-refractivity contribution in [3.8, 4) is 11.5 Å². The normalized spacial score (nSPS) is 10.8. The molecule has 0 unspecified atom stereocenters. The number of methoxy groups -OCH3 is 2. The van der Waals surface area contributed by atoms with Crippen LogP contribution in [0.2, 0.25) is 5.02 Å². The Hall–Kier alpha value is -3.84. The summed E-state index contributed by atoms with van der Waals surface area (Å²) in [5, 5.41) is 3.85. The van der Waals surface area contributed by atoms with E-state index in [0.29, 0.717) is 39.7 Å². The zero-order valence-electron chi connectivity index (χ0n) is 18.4. The first-order valence-electron chi connectivity index (χ1n) is 10.2. The molecule has 1 amide bonds. The Labute approximate surface area is 195 Å². The molecule has 2 heterocycles. The van der Waals surface area contributed by atoms with E-state index in [9.17, 15) is 9.59 Å². The summed E-state index contributed by atoms with van der Waals surface area (Å²) in [5.74, 6) is -0.103. The molecular formula is C25H22ClN3O4. The Morgan fingerprint density at radius 1 is 1.00 bits per heavy atom. The average Bonchev–Trinajstić information content (AvgIpc) is 3.10. The molecule has 2 aromatic carbocycles. The van der Waals surface area contributed by atoms with Gasteiger partial charge < -0.3 is 19.4 Å². The maximum atomic E-state index is 13.3. The summed E-state index contributed by atoms with van der Waals surface area (Å²) in [6, 6.07) is 16.2. The number of aromatic nitrogens is 2. The molecule has 1 N–H and O–H groups in total. The molecule has 0 aliphatic heterocycles. The second-order valence-corrected chi connectivity index (χ2v) is 7.86. The lowest BCUT2D eigenvalue weighted by Crippen LogP contribution is -2.24. The Morgan fingerprint density at radius 2 is 1.70 bits per heavy atom. The average molecular weight is 464 g/mol. The number of Topliss-reactive ketones (excluding diaryl/α,β-unsaturated/α-hetero) is 1. The van der Waals surface area contributed by atoms with E-state index in [4.69, 9.17) is 21.1 Å². The third-order valence-electron chi connectivity index (χ3n) is 5.43. The highest BCUT2D eigenvalue weighted by Gasteiger charge is 2.26. The van der Waals surface area contributed by atoms with Crippen molar-refractivity contribution in [2.75, 3.05) is 19.5 Å². The molecule has 0 aliphatic rings. The molecule has 0 saturated heterocycles. The van der Waals surface area contributed by atoms with Crippen molar-refractivity contribution in [3.05, 3.63) is 82.6 Å². The van der Waals surface area contributed by atoms with Gasteiger partial charge in [0.1, 0.15) is 17.3 Å². The van der Waals surface area contributed by atoms with Gasteiger partial charge in [-0.25, -0.2) is 4.98 Å². The minimum Gasteiger partial charge on any atom is -0.497 e. The van der Waals surface area contributed by atoms with Crippen molar-refractivity contribution in [3.63, 3.8) is 0 Å². The number of anilines is 1. The fraction of sp³-hybridized carbons (Fsp3) is 0.160. The number of amides is 1. The van der Waals surface area contributed by atoms with Gasteiger partial charge >= 0.3 is 0 Å². The number of nitrogens with zero attached hydrogens (tertiary/aromatic N) is 2. The number of hydrogen-bond acceptors (Lipinski definition) is 5. The smallest absolute Gasteiger partial charge is 0.298 e. The lowest BCUT2D eigenvalue weighted by atomic mass is 10.1. The molecule has 8 heteroatoms. The second-order valence-electron chi connectivity index (χ2n) is 7.42. The van der Waals surface area contributed by atoms with Gasteiger partial charge in [0.05, 0.1) is 19.8 Å². The molecular weight excluding hydrogens is 442 g/mol. The molecule has 0 fully saturated rings. The van der Waals surface area contributed by atoms with Gasteiger partial charge in [0.15, 0.2) is 0 Å². The van der Waals surface area contributed by atoms with Crippen molar-refractivity contribution < 1.29 is 19.1 Å². The molecule has 7 nitrogen and oxygen atoms in total. The zero-order valence-corrected chi connectivity index (χ0v) is 19.1. The van der Waals surface area contributed by atoms with Crippen molar-refractivity contribution >= 4 is 40.0 Å². The number of halogens is 1. The van der Waals surface area contributed by atoms with Crippen molar-refractivity contribution in [2.45, 2.75) is 13.5 Å². The Bertz CT molecular complexity index is 1350. The monoisotopic (exact) mass is 463 g/mol. The van der Waals surface area contributed by atoms with E-state index in [-0.39, 0.29) is 5.82 Å². The number of benzene rings is 2. The molecule has 0 atom stereocenters. The van der Waals surface area contributed by atoms with Gasteiger partial charge in [0, 0.05) is 40.4 Å². The van der Waals surface area contributed by atoms with Crippen LogP contribution in [0.3, 0.4) is 0 Å². The Morgan fingerprint density at radius 3 is 2.39 bits per heavy atom. The van der Waals surface area contributed by atoms with Crippen molar-refractivity contribution in [2.24, 2.45) is 0 Å². The summed E-state index contributed by atoms with van der Waals surface area (Å²) < 4.78 is 12.5. The van der Waals surface area contributed by atoms with Gasteiger partial charge in [-0.1, -0.05) is 23.7 Å². The van der Waals surface area contributed by atoms with E-state index in [1.54, 1.807) is 25.3 Å². The predicted octanol–water partition coefficient (Wildman–Crippen LogP) is 4.89. The molecule has 0 bridgehead atoms. The fourth-order valence-electron chi connectivity index (χ4n) is 3.74. The molecule has 0 radical (unpaired) electrons. The number of fused-ring (bicyclic) bond motifs is 1. The van der Waals surface area contributed by atoms with E-state index in [2.05, 4.69) is 10.3 Å². The summed E-state index contributed by atoms with van der Waals surface area (Å²) >= 11 is 6.02. The largest absolute Gasteiger partial charge is 0.497 e. The number of carbonyl (C=O) groups is 2. The number of nitrogens with one attached hydrogen (secondary N) is 1. The van der Waals surface area contributed by atoms with E-state index in [0.717, 1.165) is 11.1 Å². The zero-order chi connectivity index (χ0) is 23.5. The van der Waals surface area contributed by atoms with Gasteiger partial charge in [-0.2, -0.15) is 0 Å². The van der Waals surface area contributed by atoms with Crippen LogP contribution in [0.5, 0.6) is 11.5 Å². The third kappa shape index (κ3) is 4.54. The number of ketones is 1. The highest BCUT2D eigenvalue weighted by molar-refractivity contribution is 6.48. The van der Waals surface area contributed by atoms with Crippen LogP contribution >= 0.6 is 11.6 Å². The van der Waals surface area contributed by atoms with Crippen LogP contribution in [0.4, 0.5) is 5.82 Å². The first-order valence-corrected chi connectivity index (χ1v) is 10.6. The van der Waals surface area contributed by atoms with E-state index in [1.807, 2.05) is 47.9 Å². The van der Waals surface area contributed by atoms with Gasteiger partial charge in [0.2, 0.25) is 0 Å². The molecule has 0 aliphatic carbocycles. The number of pyridine rings is 1.